The van der Waals surface area contributed by atoms with Crippen LogP contribution in [0.15, 0.2) is 77.0 Å². The lowest BCUT2D eigenvalue weighted by molar-refractivity contribution is 0.101. The van der Waals surface area contributed by atoms with Crippen molar-refractivity contribution in [1.29, 1.82) is 0 Å². The molecule has 0 bridgehead atoms. The van der Waals surface area contributed by atoms with Gasteiger partial charge < -0.3 is 14.2 Å². The number of fused-ring (bicyclic) bond motifs is 1. The lowest BCUT2D eigenvalue weighted by atomic mass is 10.1. The van der Waals surface area contributed by atoms with Gasteiger partial charge in [-0.3, -0.25) is 4.79 Å². The predicted octanol–water partition coefficient (Wildman–Crippen LogP) is 5.65. The van der Waals surface area contributed by atoms with E-state index in [-0.39, 0.29) is 11.5 Å². The standard InChI is InChI=1S/C23H17BrO4/c1-26-21-11-16(7-9-20(21)27-14-15-5-3-2-4-6-15)12-22-23(25)18-13-17(24)8-10-19(18)28-22/h2-13H,14H2,1H3/b22-12-. The molecule has 0 aliphatic carbocycles. The van der Waals surface area contributed by atoms with Gasteiger partial charge >= 0.3 is 0 Å². The third-order valence-electron chi connectivity index (χ3n) is 4.35. The fourth-order valence-corrected chi connectivity index (χ4v) is 3.30. The van der Waals surface area contributed by atoms with Crippen molar-refractivity contribution >= 4 is 27.8 Å². The Hall–Kier alpha value is -3.05. The fourth-order valence-electron chi connectivity index (χ4n) is 2.94. The molecule has 0 unspecified atom stereocenters. The number of hydrogen-bond acceptors (Lipinski definition) is 4. The summed E-state index contributed by atoms with van der Waals surface area (Å²) >= 11 is 3.38. The first-order valence-corrected chi connectivity index (χ1v) is 9.52. The SMILES string of the molecule is COc1cc(/C=C2\Oc3ccc(Br)cc3C2=O)ccc1OCc1ccccc1. The number of carbonyl (C=O) groups is 1. The molecule has 4 nitrogen and oxygen atoms in total. The van der Waals surface area contributed by atoms with Crippen molar-refractivity contribution in [3.63, 3.8) is 0 Å². The molecule has 0 saturated heterocycles. The van der Waals surface area contributed by atoms with Gasteiger partial charge in [-0.05, 0) is 47.5 Å². The number of hydrogen-bond donors (Lipinski definition) is 0. The van der Waals surface area contributed by atoms with E-state index in [1.165, 1.54) is 0 Å². The maximum atomic E-state index is 12.6. The third-order valence-corrected chi connectivity index (χ3v) is 4.85. The van der Waals surface area contributed by atoms with Crippen molar-refractivity contribution in [1.82, 2.24) is 0 Å². The summed E-state index contributed by atoms with van der Waals surface area (Å²) in [6.07, 6.45) is 1.71. The van der Waals surface area contributed by atoms with E-state index in [9.17, 15) is 4.79 Å². The second-order valence-corrected chi connectivity index (χ2v) is 7.18. The van der Waals surface area contributed by atoms with Gasteiger partial charge in [0.15, 0.2) is 17.3 Å². The van der Waals surface area contributed by atoms with E-state index in [1.54, 1.807) is 25.3 Å². The first kappa shape index (κ1) is 18.3. The van der Waals surface area contributed by atoms with E-state index in [4.69, 9.17) is 14.2 Å². The maximum absolute atomic E-state index is 12.6. The average molecular weight is 437 g/mol. The molecular formula is C23H17BrO4. The van der Waals surface area contributed by atoms with Gasteiger partial charge in [0.25, 0.3) is 0 Å². The largest absolute Gasteiger partial charge is 0.493 e. The van der Waals surface area contributed by atoms with Gasteiger partial charge in [-0.1, -0.05) is 52.3 Å². The average Bonchev–Trinajstić information content (AvgIpc) is 3.02. The Kier molecular flexibility index (Phi) is 5.17. The van der Waals surface area contributed by atoms with Crippen LogP contribution >= 0.6 is 15.9 Å². The van der Waals surface area contributed by atoms with Gasteiger partial charge in [-0.15, -0.1) is 0 Å². The molecule has 28 heavy (non-hydrogen) atoms. The van der Waals surface area contributed by atoms with Crippen LogP contribution in [0.2, 0.25) is 0 Å². The highest BCUT2D eigenvalue weighted by Gasteiger charge is 2.27. The lowest BCUT2D eigenvalue weighted by Crippen LogP contribution is -1.99. The smallest absolute Gasteiger partial charge is 0.232 e. The molecule has 0 radical (unpaired) electrons. The van der Waals surface area contributed by atoms with E-state index in [2.05, 4.69) is 15.9 Å². The van der Waals surface area contributed by atoms with Gasteiger partial charge in [-0.2, -0.15) is 0 Å². The Labute approximate surface area is 171 Å². The summed E-state index contributed by atoms with van der Waals surface area (Å²) in [6.45, 7) is 0.448. The van der Waals surface area contributed by atoms with Gasteiger partial charge in [0.1, 0.15) is 12.4 Å². The minimum absolute atomic E-state index is 0.139. The fraction of sp³-hybridized carbons (Fsp3) is 0.0870. The van der Waals surface area contributed by atoms with E-state index in [0.29, 0.717) is 29.4 Å². The minimum atomic E-state index is -0.139. The number of allylic oxidation sites excluding steroid dienone is 1. The van der Waals surface area contributed by atoms with Crippen LogP contribution in [-0.2, 0) is 6.61 Å². The molecule has 1 heterocycles. The first-order chi connectivity index (χ1) is 13.6. The molecule has 5 heteroatoms. The molecule has 0 atom stereocenters. The molecule has 1 aliphatic heterocycles. The molecule has 0 N–H and O–H groups in total. The van der Waals surface area contributed by atoms with Crippen LogP contribution in [0.4, 0.5) is 0 Å². The molecule has 0 aromatic heterocycles. The van der Waals surface area contributed by atoms with E-state index < -0.39 is 0 Å². The van der Waals surface area contributed by atoms with E-state index >= 15 is 0 Å². The predicted molar refractivity (Wildman–Crippen MR) is 111 cm³/mol. The minimum Gasteiger partial charge on any atom is -0.493 e. The van der Waals surface area contributed by atoms with Crippen molar-refractivity contribution in [3.8, 4) is 17.2 Å². The van der Waals surface area contributed by atoms with Crippen molar-refractivity contribution in [2.24, 2.45) is 0 Å². The highest BCUT2D eigenvalue weighted by atomic mass is 79.9. The van der Waals surface area contributed by atoms with Crippen molar-refractivity contribution in [2.45, 2.75) is 6.61 Å². The van der Waals surface area contributed by atoms with E-state index in [1.807, 2.05) is 54.6 Å². The molecular weight excluding hydrogens is 420 g/mol. The molecule has 0 fully saturated rings. The number of ether oxygens (including phenoxy) is 3. The molecule has 140 valence electrons. The Morgan fingerprint density at radius 2 is 1.82 bits per heavy atom. The summed E-state index contributed by atoms with van der Waals surface area (Å²) in [5.74, 6) is 1.94. The highest BCUT2D eigenvalue weighted by molar-refractivity contribution is 9.10. The number of halogens is 1. The van der Waals surface area contributed by atoms with Gasteiger partial charge in [0.2, 0.25) is 5.78 Å². The van der Waals surface area contributed by atoms with Crippen LogP contribution in [0.25, 0.3) is 6.08 Å². The molecule has 1 aliphatic rings. The normalized spacial score (nSPS) is 13.9. The number of benzene rings is 3. The zero-order valence-corrected chi connectivity index (χ0v) is 16.7. The zero-order valence-electron chi connectivity index (χ0n) is 15.1. The Balaban J connectivity index is 1.55. The zero-order chi connectivity index (χ0) is 19.5. The Morgan fingerprint density at radius 3 is 2.61 bits per heavy atom. The second kappa shape index (κ2) is 7.90. The summed E-state index contributed by atoms with van der Waals surface area (Å²) in [7, 11) is 1.59. The van der Waals surface area contributed by atoms with Crippen molar-refractivity contribution < 1.29 is 19.0 Å². The van der Waals surface area contributed by atoms with Crippen LogP contribution in [0.5, 0.6) is 17.2 Å². The van der Waals surface area contributed by atoms with Crippen LogP contribution in [0, 0.1) is 0 Å². The first-order valence-electron chi connectivity index (χ1n) is 8.72. The summed E-state index contributed by atoms with van der Waals surface area (Å²) in [5, 5.41) is 0. The van der Waals surface area contributed by atoms with Crippen LogP contribution < -0.4 is 14.2 Å². The maximum Gasteiger partial charge on any atom is 0.232 e. The monoisotopic (exact) mass is 436 g/mol. The Morgan fingerprint density at radius 1 is 1.00 bits per heavy atom. The van der Waals surface area contributed by atoms with Crippen LogP contribution in [-0.4, -0.2) is 12.9 Å². The number of methoxy groups -OCH3 is 1. The molecule has 0 amide bonds. The quantitative estimate of drug-likeness (QED) is 0.484. The van der Waals surface area contributed by atoms with Gasteiger partial charge in [-0.25, -0.2) is 0 Å². The van der Waals surface area contributed by atoms with Crippen LogP contribution in [0.1, 0.15) is 21.5 Å². The molecule has 0 saturated carbocycles. The summed E-state index contributed by atoms with van der Waals surface area (Å²) < 4.78 is 17.9. The van der Waals surface area contributed by atoms with Gasteiger partial charge in [0.05, 0.1) is 12.7 Å². The molecule has 0 spiro atoms. The molecule has 4 rings (SSSR count). The van der Waals surface area contributed by atoms with Crippen molar-refractivity contribution in [2.75, 3.05) is 7.11 Å². The number of Topliss-reactive ketones (excluding diaryl/α,β-unsaturated/α-hetero) is 1. The summed E-state index contributed by atoms with van der Waals surface area (Å²) in [6, 6.07) is 20.8. The third kappa shape index (κ3) is 3.80. The number of carbonyl (C=O) groups excluding carboxylic acids is 1. The molecule has 3 aromatic rings. The number of rotatable bonds is 5. The summed E-state index contributed by atoms with van der Waals surface area (Å²) in [5.41, 5.74) is 2.42. The Bertz CT molecular complexity index is 1060. The van der Waals surface area contributed by atoms with Crippen molar-refractivity contribution in [3.05, 3.63) is 93.7 Å². The van der Waals surface area contributed by atoms with Gasteiger partial charge in [0, 0.05) is 4.47 Å². The topological polar surface area (TPSA) is 44.8 Å². The lowest BCUT2D eigenvalue weighted by Gasteiger charge is -2.11. The summed E-state index contributed by atoms with van der Waals surface area (Å²) in [4.78, 5) is 12.6. The second-order valence-electron chi connectivity index (χ2n) is 6.26. The number of ketones is 1. The highest BCUT2D eigenvalue weighted by Crippen LogP contribution is 2.35. The van der Waals surface area contributed by atoms with E-state index in [0.717, 1.165) is 15.6 Å². The molecule has 3 aromatic carbocycles. The van der Waals surface area contributed by atoms with Crippen LogP contribution in [0.3, 0.4) is 0 Å².